The molecule has 1 unspecified atom stereocenters. The quantitative estimate of drug-likeness (QED) is 0.863. The smallest absolute Gasteiger partial charge is 0.246 e. The second-order valence-corrected chi connectivity index (χ2v) is 6.36. The number of nitrogens with zero attached hydrogens (tertiary/aromatic N) is 1. The monoisotopic (exact) mass is 304 g/mol. The van der Waals surface area contributed by atoms with Crippen LogP contribution >= 0.6 is 11.8 Å². The van der Waals surface area contributed by atoms with Gasteiger partial charge in [-0.05, 0) is 31.5 Å². The van der Waals surface area contributed by atoms with Gasteiger partial charge in [0.1, 0.15) is 10.6 Å². The zero-order valence-corrected chi connectivity index (χ0v) is 12.8. The molecule has 0 aromatic heterocycles. The van der Waals surface area contributed by atoms with E-state index in [0.717, 1.165) is 5.56 Å². The van der Waals surface area contributed by atoms with Crippen LogP contribution in [0.4, 0.5) is 4.39 Å². The molecule has 2 rings (SSSR count). The topological polar surface area (TPSA) is 41.5 Å². The Morgan fingerprint density at radius 1 is 1.43 bits per heavy atom. The number of thioether (sulfide) groups is 1. The minimum Gasteiger partial charge on any atom is -0.304 e. The molecule has 0 bridgehead atoms. The Bertz CT molecular complexity index is 609. The first-order chi connectivity index (χ1) is 9.94. The van der Waals surface area contributed by atoms with Gasteiger partial charge < -0.3 is 5.32 Å². The fourth-order valence-corrected chi connectivity index (χ4v) is 2.95. The van der Waals surface area contributed by atoms with Crippen LogP contribution in [0.3, 0.4) is 0 Å². The second kappa shape index (κ2) is 6.26. The van der Waals surface area contributed by atoms with Gasteiger partial charge in [0.05, 0.1) is 6.04 Å². The van der Waals surface area contributed by atoms with Crippen LogP contribution < -0.4 is 5.32 Å². The molecule has 0 aliphatic carbocycles. The minimum absolute atomic E-state index is 0.101. The van der Waals surface area contributed by atoms with Crippen molar-refractivity contribution in [1.29, 1.82) is 0 Å². The van der Waals surface area contributed by atoms with E-state index in [9.17, 15) is 9.18 Å². The van der Waals surface area contributed by atoms with E-state index in [0.29, 0.717) is 5.17 Å². The molecule has 1 heterocycles. The van der Waals surface area contributed by atoms with Crippen molar-refractivity contribution in [3.63, 3.8) is 0 Å². The van der Waals surface area contributed by atoms with Gasteiger partial charge in [0, 0.05) is 0 Å². The van der Waals surface area contributed by atoms with E-state index in [1.165, 1.54) is 23.9 Å². The van der Waals surface area contributed by atoms with Crippen LogP contribution in [-0.4, -0.2) is 15.8 Å². The van der Waals surface area contributed by atoms with Crippen LogP contribution in [0.25, 0.3) is 0 Å². The van der Waals surface area contributed by atoms with Gasteiger partial charge >= 0.3 is 0 Å². The number of allylic oxidation sites excluding steroid dienone is 2. The molecule has 0 saturated carbocycles. The molecule has 21 heavy (non-hydrogen) atoms. The van der Waals surface area contributed by atoms with Crippen LogP contribution in [0.2, 0.25) is 0 Å². The molecule has 5 heteroatoms. The molecule has 3 nitrogen and oxygen atoms in total. The van der Waals surface area contributed by atoms with Gasteiger partial charge in [-0.1, -0.05) is 48.7 Å². The van der Waals surface area contributed by atoms with E-state index in [2.05, 4.69) is 16.9 Å². The molecule has 1 saturated heterocycles. The largest absolute Gasteiger partial charge is 0.304 e. The van der Waals surface area contributed by atoms with Crippen molar-refractivity contribution in [1.82, 2.24) is 5.32 Å². The molecule has 1 N–H and O–H groups in total. The highest BCUT2D eigenvalue weighted by molar-refractivity contribution is 8.16. The number of hydrogen-bond acceptors (Lipinski definition) is 3. The van der Waals surface area contributed by atoms with Crippen molar-refractivity contribution in [2.45, 2.75) is 24.6 Å². The molecule has 0 spiro atoms. The Morgan fingerprint density at radius 3 is 2.71 bits per heavy atom. The normalized spacial score (nSPS) is 25.3. The van der Waals surface area contributed by atoms with Gasteiger partial charge in [-0.15, -0.1) is 0 Å². The average molecular weight is 304 g/mol. The Kier molecular flexibility index (Phi) is 4.63. The summed E-state index contributed by atoms with van der Waals surface area (Å²) in [6, 6.07) is 6.05. The van der Waals surface area contributed by atoms with Crippen molar-refractivity contribution in [3.05, 3.63) is 60.5 Å². The molecule has 1 aliphatic rings. The van der Waals surface area contributed by atoms with Crippen LogP contribution in [0, 0.1) is 5.82 Å². The van der Waals surface area contributed by atoms with E-state index >= 15 is 0 Å². The third-order valence-electron chi connectivity index (χ3n) is 3.19. The summed E-state index contributed by atoms with van der Waals surface area (Å²) < 4.78 is 12.2. The van der Waals surface area contributed by atoms with Crippen molar-refractivity contribution >= 4 is 22.8 Å². The molecule has 2 atom stereocenters. The molecule has 1 aliphatic heterocycles. The third kappa shape index (κ3) is 3.61. The Balaban J connectivity index is 2.16. The first kappa shape index (κ1) is 15.5. The molecule has 110 valence electrons. The lowest BCUT2D eigenvalue weighted by atomic mass is 10.1. The highest BCUT2D eigenvalue weighted by Gasteiger charge is 2.40. The molecule has 1 fully saturated rings. The number of benzene rings is 1. The van der Waals surface area contributed by atoms with Crippen LogP contribution in [0.1, 0.15) is 25.5 Å². The molecule has 1 aromatic carbocycles. The number of aliphatic imine (C=N–C) groups is 1. The molecular formula is C16H17FN2OS. The maximum Gasteiger partial charge on any atom is 0.246 e. The second-order valence-electron chi connectivity index (χ2n) is 4.92. The van der Waals surface area contributed by atoms with Crippen molar-refractivity contribution in [2.75, 3.05) is 0 Å². The fourth-order valence-electron chi connectivity index (χ4n) is 1.91. The highest BCUT2D eigenvalue weighted by Crippen LogP contribution is 2.34. The number of halogens is 1. The Morgan fingerprint density at radius 2 is 2.10 bits per heavy atom. The predicted octanol–water partition coefficient (Wildman–Crippen LogP) is 3.61. The maximum atomic E-state index is 12.9. The summed E-state index contributed by atoms with van der Waals surface area (Å²) in [5.41, 5.74) is 0.897. The number of carbonyl (C=O) groups is 1. The van der Waals surface area contributed by atoms with E-state index in [4.69, 9.17) is 0 Å². The first-order valence-corrected chi connectivity index (χ1v) is 7.40. The lowest BCUT2D eigenvalue weighted by Crippen LogP contribution is -2.32. The molecule has 1 aromatic rings. The summed E-state index contributed by atoms with van der Waals surface area (Å²) in [6.07, 6.45) is 5.18. The zero-order chi connectivity index (χ0) is 15.5. The van der Waals surface area contributed by atoms with Gasteiger partial charge in [-0.3, -0.25) is 9.79 Å². The van der Waals surface area contributed by atoms with E-state index < -0.39 is 4.75 Å². The third-order valence-corrected chi connectivity index (χ3v) is 4.34. The van der Waals surface area contributed by atoms with E-state index in [1.54, 1.807) is 30.4 Å². The number of rotatable bonds is 4. The lowest BCUT2D eigenvalue weighted by molar-refractivity contribution is -0.120. The Labute approximate surface area is 128 Å². The van der Waals surface area contributed by atoms with Gasteiger partial charge in [0.2, 0.25) is 5.91 Å². The van der Waals surface area contributed by atoms with Gasteiger partial charge in [-0.2, -0.15) is 0 Å². The number of hydrogen-bond donors (Lipinski definition) is 1. The van der Waals surface area contributed by atoms with Crippen LogP contribution in [0.5, 0.6) is 0 Å². The average Bonchev–Trinajstić information content (AvgIpc) is 2.72. The molecule has 0 radical (unpaired) electrons. The minimum atomic E-state index is -0.671. The SMILES string of the molecule is C=C/C=C/C1(C)SC(=N[C@@H](C)c2ccc(F)cc2)NC1=O. The molecular weight excluding hydrogens is 287 g/mol. The summed E-state index contributed by atoms with van der Waals surface area (Å²) in [4.78, 5) is 16.5. The maximum absolute atomic E-state index is 12.9. The Hall–Kier alpha value is -1.88. The standard InChI is InChI=1S/C16H17FN2OS/c1-4-5-10-16(3)14(20)19-15(21-16)18-11(2)12-6-8-13(17)9-7-12/h4-11H,1H2,2-3H3,(H,18,19,20)/b10-5+/t11-,16?/m0/s1. The summed E-state index contributed by atoms with van der Waals surface area (Å²) in [5, 5.41) is 3.36. The first-order valence-electron chi connectivity index (χ1n) is 6.58. The van der Waals surface area contributed by atoms with E-state index in [-0.39, 0.29) is 17.8 Å². The number of nitrogens with one attached hydrogen (secondary N) is 1. The van der Waals surface area contributed by atoms with Gasteiger partial charge in [0.25, 0.3) is 0 Å². The number of amidine groups is 1. The van der Waals surface area contributed by atoms with Gasteiger partial charge in [0.15, 0.2) is 5.17 Å². The lowest BCUT2D eigenvalue weighted by Gasteiger charge is -2.12. The summed E-state index contributed by atoms with van der Waals surface area (Å²) >= 11 is 1.37. The van der Waals surface area contributed by atoms with Crippen LogP contribution in [-0.2, 0) is 4.79 Å². The van der Waals surface area contributed by atoms with Gasteiger partial charge in [-0.25, -0.2) is 4.39 Å². The van der Waals surface area contributed by atoms with Crippen molar-refractivity contribution in [3.8, 4) is 0 Å². The highest BCUT2D eigenvalue weighted by atomic mass is 32.2. The predicted molar refractivity (Wildman–Crippen MR) is 85.7 cm³/mol. The fraction of sp³-hybridized carbons (Fsp3) is 0.250. The number of carbonyl (C=O) groups excluding carboxylic acids is 1. The van der Waals surface area contributed by atoms with Crippen LogP contribution in [0.15, 0.2) is 54.1 Å². The zero-order valence-electron chi connectivity index (χ0n) is 12.0. The number of amides is 1. The summed E-state index contributed by atoms with van der Waals surface area (Å²) in [7, 11) is 0. The summed E-state index contributed by atoms with van der Waals surface area (Å²) in [6.45, 7) is 7.34. The summed E-state index contributed by atoms with van der Waals surface area (Å²) in [5.74, 6) is -0.375. The van der Waals surface area contributed by atoms with E-state index in [1.807, 2.05) is 13.8 Å². The molecule has 1 amide bonds. The van der Waals surface area contributed by atoms with Crippen molar-refractivity contribution in [2.24, 2.45) is 4.99 Å². The van der Waals surface area contributed by atoms with Crippen molar-refractivity contribution < 1.29 is 9.18 Å².